The van der Waals surface area contributed by atoms with Crippen molar-refractivity contribution in [3.63, 3.8) is 0 Å². The lowest BCUT2D eigenvalue weighted by Crippen LogP contribution is -2.56. The molecule has 1 unspecified atom stereocenters. The summed E-state index contributed by atoms with van der Waals surface area (Å²) in [5, 5.41) is 3.11. The van der Waals surface area contributed by atoms with Crippen LogP contribution in [0.25, 0.3) is 0 Å². The van der Waals surface area contributed by atoms with Crippen LogP contribution in [0.4, 0.5) is 4.79 Å². The molecule has 0 bridgehead atoms. The van der Waals surface area contributed by atoms with E-state index in [4.69, 9.17) is 4.74 Å². The normalized spacial score (nSPS) is 13.6. The number of likely N-dealkylation sites (N-methyl/N-ethyl adjacent to an activating group) is 1. The number of nitrogens with one attached hydrogen (secondary N) is 1. The quantitative estimate of drug-likeness (QED) is 0.908. The second-order valence-corrected chi connectivity index (χ2v) is 7.14. The molecule has 1 aromatic heterocycles. The molecule has 1 rings (SSSR count). The largest absolute Gasteiger partial charge is 0.382 e. The van der Waals surface area contributed by atoms with Crippen LogP contribution in [0, 0.1) is 5.41 Å². The van der Waals surface area contributed by atoms with Crippen LogP contribution < -0.4 is 5.32 Å². The van der Waals surface area contributed by atoms with Gasteiger partial charge < -0.3 is 15.0 Å². The molecule has 2 amide bonds. The number of methoxy groups -OCH3 is 1. The van der Waals surface area contributed by atoms with E-state index < -0.39 is 0 Å². The van der Waals surface area contributed by atoms with Crippen LogP contribution in [-0.4, -0.2) is 42.2 Å². The van der Waals surface area contributed by atoms with Gasteiger partial charge in [0.15, 0.2) is 0 Å². The van der Waals surface area contributed by atoms with Crippen LogP contribution in [-0.2, 0) is 4.74 Å². The van der Waals surface area contributed by atoms with Crippen molar-refractivity contribution in [2.75, 3.05) is 20.8 Å². The SMILES string of the molecule is COCC(c1ccccn1)N(C)C(=O)NC(C)(C)C(C)(C)C. The highest BCUT2D eigenvalue weighted by atomic mass is 16.5. The molecule has 0 spiro atoms. The minimum Gasteiger partial charge on any atom is -0.382 e. The average molecular weight is 307 g/mol. The number of urea groups is 1. The van der Waals surface area contributed by atoms with Gasteiger partial charge in [0.25, 0.3) is 0 Å². The highest BCUT2D eigenvalue weighted by Crippen LogP contribution is 2.30. The molecule has 1 aromatic rings. The van der Waals surface area contributed by atoms with Crippen molar-refractivity contribution in [3.05, 3.63) is 30.1 Å². The average Bonchev–Trinajstić information content (AvgIpc) is 2.43. The van der Waals surface area contributed by atoms with E-state index >= 15 is 0 Å². The molecule has 1 atom stereocenters. The lowest BCUT2D eigenvalue weighted by Gasteiger charge is -2.41. The lowest BCUT2D eigenvalue weighted by atomic mass is 9.76. The molecule has 0 fully saturated rings. The molecular formula is C17H29N3O2. The van der Waals surface area contributed by atoms with Gasteiger partial charge in [-0.2, -0.15) is 0 Å². The number of carbonyl (C=O) groups excluding carboxylic acids is 1. The summed E-state index contributed by atoms with van der Waals surface area (Å²) < 4.78 is 5.27. The molecule has 5 nitrogen and oxygen atoms in total. The van der Waals surface area contributed by atoms with E-state index in [1.54, 1.807) is 25.3 Å². The number of nitrogens with zero attached hydrogens (tertiary/aromatic N) is 2. The predicted molar refractivity (Wildman–Crippen MR) is 88.7 cm³/mol. The molecule has 0 saturated carbocycles. The Balaban J connectivity index is 2.91. The summed E-state index contributed by atoms with van der Waals surface area (Å²) in [7, 11) is 3.40. The van der Waals surface area contributed by atoms with Crippen molar-refractivity contribution in [1.82, 2.24) is 15.2 Å². The minimum atomic E-state index is -0.333. The summed E-state index contributed by atoms with van der Waals surface area (Å²) in [5.41, 5.74) is 0.432. The number of ether oxygens (including phenoxy) is 1. The molecule has 22 heavy (non-hydrogen) atoms. The maximum absolute atomic E-state index is 12.6. The summed E-state index contributed by atoms with van der Waals surface area (Å²) >= 11 is 0. The maximum atomic E-state index is 12.6. The van der Waals surface area contributed by atoms with Gasteiger partial charge in [-0.25, -0.2) is 4.79 Å². The third kappa shape index (κ3) is 4.44. The van der Waals surface area contributed by atoms with Crippen LogP contribution in [0.15, 0.2) is 24.4 Å². The summed E-state index contributed by atoms with van der Waals surface area (Å²) in [6, 6.07) is 5.32. The summed E-state index contributed by atoms with van der Waals surface area (Å²) in [6.07, 6.45) is 1.73. The standard InChI is InChI=1S/C17H29N3O2/c1-16(2,3)17(4,5)19-15(21)20(6)14(12-22-7)13-10-8-9-11-18-13/h8-11,14H,12H2,1-7H3,(H,19,21). The Morgan fingerprint density at radius 1 is 1.32 bits per heavy atom. The number of rotatable bonds is 5. The zero-order valence-electron chi connectivity index (χ0n) is 14.8. The van der Waals surface area contributed by atoms with Crippen LogP contribution in [0.5, 0.6) is 0 Å². The zero-order valence-corrected chi connectivity index (χ0v) is 14.8. The van der Waals surface area contributed by atoms with E-state index in [1.807, 2.05) is 32.0 Å². The fourth-order valence-electron chi connectivity index (χ4n) is 1.81. The Bertz CT molecular complexity index is 480. The van der Waals surface area contributed by atoms with Crippen LogP contribution in [0.2, 0.25) is 0 Å². The van der Waals surface area contributed by atoms with Gasteiger partial charge in [0.05, 0.1) is 18.3 Å². The topological polar surface area (TPSA) is 54.5 Å². The molecular weight excluding hydrogens is 278 g/mol. The van der Waals surface area contributed by atoms with Gasteiger partial charge in [-0.3, -0.25) is 4.98 Å². The molecule has 0 aromatic carbocycles. The Labute approximate surface area is 134 Å². The van der Waals surface area contributed by atoms with E-state index in [0.717, 1.165) is 5.69 Å². The summed E-state index contributed by atoms with van der Waals surface area (Å²) in [6.45, 7) is 10.8. The number of pyridine rings is 1. The molecule has 124 valence electrons. The zero-order chi connectivity index (χ0) is 17.0. The second kappa shape index (κ2) is 7.09. The number of amides is 2. The van der Waals surface area contributed by atoms with Gasteiger partial charge in [0.1, 0.15) is 0 Å². The Morgan fingerprint density at radius 2 is 1.95 bits per heavy atom. The van der Waals surface area contributed by atoms with Crippen LogP contribution >= 0.6 is 0 Å². The molecule has 0 aliphatic carbocycles. The highest BCUT2D eigenvalue weighted by Gasteiger charge is 2.36. The fraction of sp³-hybridized carbons (Fsp3) is 0.647. The first-order chi connectivity index (χ1) is 10.1. The Hall–Kier alpha value is -1.62. The monoisotopic (exact) mass is 307 g/mol. The number of aromatic nitrogens is 1. The van der Waals surface area contributed by atoms with Crippen molar-refractivity contribution >= 4 is 6.03 Å². The van der Waals surface area contributed by atoms with Gasteiger partial charge in [-0.05, 0) is 31.4 Å². The van der Waals surface area contributed by atoms with Crippen molar-refractivity contribution in [2.45, 2.75) is 46.2 Å². The fourth-order valence-corrected chi connectivity index (χ4v) is 1.81. The molecule has 5 heteroatoms. The number of carbonyl (C=O) groups is 1. The van der Waals surface area contributed by atoms with E-state index in [2.05, 4.69) is 31.1 Å². The van der Waals surface area contributed by atoms with Gasteiger partial charge in [-0.1, -0.05) is 26.8 Å². The molecule has 0 saturated heterocycles. The van der Waals surface area contributed by atoms with Crippen molar-refractivity contribution in [2.24, 2.45) is 5.41 Å². The van der Waals surface area contributed by atoms with E-state index in [9.17, 15) is 4.79 Å². The Morgan fingerprint density at radius 3 is 2.41 bits per heavy atom. The van der Waals surface area contributed by atoms with E-state index in [0.29, 0.717) is 6.61 Å². The first-order valence-electron chi connectivity index (χ1n) is 7.55. The smallest absolute Gasteiger partial charge is 0.318 e. The summed E-state index contributed by atoms with van der Waals surface area (Å²) in [4.78, 5) is 18.6. The molecule has 1 N–H and O–H groups in total. The highest BCUT2D eigenvalue weighted by molar-refractivity contribution is 5.75. The maximum Gasteiger partial charge on any atom is 0.318 e. The molecule has 0 aliphatic rings. The Kier molecular flexibility index (Phi) is 5.94. The third-order valence-corrected chi connectivity index (χ3v) is 4.44. The van der Waals surface area contributed by atoms with Crippen molar-refractivity contribution in [1.29, 1.82) is 0 Å². The van der Waals surface area contributed by atoms with E-state index in [1.165, 1.54) is 0 Å². The first-order valence-corrected chi connectivity index (χ1v) is 7.55. The third-order valence-electron chi connectivity index (χ3n) is 4.44. The molecule has 1 heterocycles. The van der Waals surface area contributed by atoms with Gasteiger partial charge in [0, 0.05) is 25.9 Å². The second-order valence-electron chi connectivity index (χ2n) is 7.14. The van der Waals surface area contributed by atoms with Crippen molar-refractivity contribution < 1.29 is 9.53 Å². The lowest BCUT2D eigenvalue weighted by molar-refractivity contribution is 0.102. The van der Waals surface area contributed by atoms with Crippen molar-refractivity contribution in [3.8, 4) is 0 Å². The van der Waals surface area contributed by atoms with Gasteiger partial charge >= 0.3 is 6.03 Å². The first kappa shape index (κ1) is 18.4. The molecule has 0 aliphatic heterocycles. The van der Waals surface area contributed by atoms with Gasteiger partial charge in [0.2, 0.25) is 0 Å². The minimum absolute atomic E-state index is 0.0503. The molecule has 0 radical (unpaired) electrons. The van der Waals surface area contributed by atoms with Gasteiger partial charge in [-0.15, -0.1) is 0 Å². The predicted octanol–water partition coefficient (Wildman–Crippen LogP) is 3.24. The van der Waals surface area contributed by atoms with Crippen LogP contribution in [0.1, 0.15) is 46.4 Å². The van der Waals surface area contributed by atoms with E-state index in [-0.39, 0.29) is 23.0 Å². The van der Waals surface area contributed by atoms with Crippen LogP contribution in [0.3, 0.4) is 0 Å². The number of hydrogen-bond donors (Lipinski definition) is 1. The number of hydrogen-bond acceptors (Lipinski definition) is 3. The summed E-state index contributed by atoms with van der Waals surface area (Å²) in [5.74, 6) is 0.